The standard InChI is InChI=1S/C15H11F19O2/c1-2-6(3-35-4-6)5-36-10(19,15(32,33)34)7(16,8(17,11(20,21)22)12(23,24)25)9(18,13(26,27)28)14(29,30)31/h2-5H2,1H3. The molecule has 36 heavy (non-hydrogen) atoms. The van der Waals surface area contributed by atoms with E-state index in [1.807, 2.05) is 0 Å². The van der Waals surface area contributed by atoms with E-state index in [4.69, 9.17) is 0 Å². The molecule has 0 amide bonds. The number of alkyl halides is 19. The maximum absolute atomic E-state index is 15.3. The van der Waals surface area contributed by atoms with Crippen molar-refractivity contribution < 1.29 is 92.9 Å². The van der Waals surface area contributed by atoms with E-state index in [-0.39, 0.29) is 0 Å². The summed E-state index contributed by atoms with van der Waals surface area (Å²) in [5.74, 6) is -8.22. The summed E-state index contributed by atoms with van der Waals surface area (Å²) in [5, 5.41) is 0. The smallest absolute Gasteiger partial charge is 0.380 e. The van der Waals surface area contributed by atoms with Crippen LogP contribution in [0.2, 0.25) is 0 Å². The van der Waals surface area contributed by atoms with Gasteiger partial charge in [0, 0.05) is 5.41 Å². The van der Waals surface area contributed by atoms with Crippen molar-refractivity contribution in [1.82, 2.24) is 0 Å². The van der Waals surface area contributed by atoms with Gasteiger partial charge >= 0.3 is 48.1 Å². The molecule has 1 fully saturated rings. The summed E-state index contributed by atoms with van der Waals surface area (Å²) in [7, 11) is 0. The summed E-state index contributed by atoms with van der Waals surface area (Å²) < 4.78 is 264. The fourth-order valence-electron chi connectivity index (χ4n) is 3.19. The molecule has 216 valence electrons. The number of halogens is 19. The average molecular weight is 584 g/mol. The number of hydrogen-bond acceptors (Lipinski definition) is 2. The Hall–Kier alpha value is -1.41. The lowest BCUT2D eigenvalue weighted by molar-refractivity contribution is -0.507. The van der Waals surface area contributed by atoms with Crippen LogP contribution in [0.1, 0.15) is 13.3 Å². The molecule has 0 aromatic rings. The maximum atomic E-state index is 15.3. The molecule has 0 aliphatic carbocycles. The third kappa shape index (κ3) is 4.14. The molecular weight excluding hydrogens is 573 g/mol. The Balaban J connectivity index is 4.38. The Labute approximate surface area is 186 Å². The van der Waals surface area contributed by atoms with Crippen LogP contribution in [0.5, 0.6) is 0 Å². The van der Waals surface area contributed by atoms with Gasteiger partial charge in [-0.25, -0.2) is 13.2 Å². The van der Waals surface area contributed by atoms with E-state index in [9.17, 15) is 74.6 Å². The second kappa shape index (κ2) is 8.55. The molecule has 1 rings (SSSR count). The molecule has 1 saturated heterocycles. The van der Waals surface area contributed by atoms with Crippen LogP contribution in [0.15, 0.2) is 0 Å². The van der Waals surface area contributed by atoms with Crippen molar-refractivity contribution >= 4 is 0 Å². The minimum absolute atomic E-state index is 0.640. The Kier molecular flexibility index (Phi) is 7.75. The van der Waals surface area contributed by atoms with Gasteiger partial charge in [-0.1, -0.05) is 6.92 Å². The fraction of sp³-hybridized carbons (Fsp3) is 1.00. The van der Waals surface area contributed by atoms with Crippen LogP contribution in [-0.2, 0) is 9.47 Å². The molecule has 1 aliphatic heterocycles. The van der Waals surface area contributed by atoms with Gasteiger partial charge in [-0.15, -0.1) is 0 Å². The highest BCUT2D eigenvalue weighted by molar-refractivity contribution is 5.29. The topological polar surface area (TPSA) is 18.5 Å². The SMILES string of the molecule is CCC1(COC(F)(C(F)(F)F)C(F)(C(F)(C(F)(F)F)C(F)(F)F)C(F)(C(F)(F)F)C(F)(F)F)COC1. The number of ether oxygens (including phenoxy) is 2. The summed E-state index contributed by atoms with van der Waals surface area (Å²) in [5.41, 5.74) is -29.9. The number of rotatable bonds is 7. The highest BCUT2D eigenvalue weighted by Crippen LogP contribution is 2.70. The fourth-order valence-corrected chi connectivity index (χ4v) is 3.19. The van der Waals surface area contributed by atoms with Crippen LogP contribution in [0.25, 0.3) is 0 Å². The first-order chi connectivity index (χ1) is 15.5. The van der Waals surface area contributed by atoms with Crippen molar-refractivity contribution in [3.63, 3.8) is 0 Å². The average Bonchev–Trinajstić information content (AvgIpc) is 2.60. The van der Waals surface area contributed by atoms with Crippen LogP contribution >= 0.6 is 0 Å². The molecule has 0 aromatic heterocycles. The first kappa shape index (κ1) is 32.6. The Bertz CT molecular complexity index is 712. The minimum atomic E-state index is -9.36. The first-order valence-corrected chi connectivity index (χ1v) is 8.78. The summed E-state index contributed by atoms with van der Waals surface area (Å²) in [6.07, 6.45) is -43.3. The minimum Gasteiger partial charge on any atom is -0.380 e. The highest BCUT2D eigenvalue weighted by Gasteiger charge is 3.04. The van der Waals surface area contributed by atoms with Crippen molar-refractivity contribution in [3.8, 4) is 0 Å². The van der Waals surface area contributed by atoms with Crippen molar-refractivity contribution in [2.45, 2.75) is 67.1 Å². The van der Waals surface area contributed by atoms with E-state index in [2.05, 4.69) is 9.47 Å². The Morgan fingerprint density at radius 3 is 1.00 bits per heavy atom. The molecule has 21 heteroatoms. The van der Waals surface area contributed by atoms with E-state index in [1.165, 1.54) is 0 Å². The van der Waals surface area contributed by atoms with E-state index >= 15 is 8.78 Å². The van der Waals surface area contributed by atoms with Crippen molar-refractivity contribution in [3.05, 3.63) is 0 Å². The molecule has 1 aliphatic rings. The molecule has 2 nitrogen and oxygen atoms in total. The van der Waals surface area contributed by atoms with Crippen LogP contribution in [0.4, 0.5) is 83.4 Å². The largest absolute Gasteiger partial charge is 0.452 e. The predicted octanol–water partition coefficient (Wildman–Crippen LogP) is 7.03. The number of hydrogen-bond donors (Lipinski definition) is 0. The van der Waals surface area contributed by atoms with E-state index in [1.54, 1.807) is 0 Å². The zero-order valence-corrected chi connectivity index (χ0v) is 16.8. The van der Waals surface area contributed by atoms with Gasteiger partial charge in [0.25, 0.3) is 5.67 Å². The van der Waals surface area contributed by atoms with Crippen molar-refractivity contribution in [2.24, 2.45) is 5.41 Å². The van der Waals surface area contributed by atoms with Gasteiger partial charge < -0.3 is 9.47 Å². The molecule has 1 atom stereocenters. The molecule has 0 N–H and O–H groups in total. The molecule has 0 saturated carbocycles. The van der Waals surface area contributed by atoms with Gasteiger partial charge in [-0.05, 0) is 6.42 Å². The lowest BCUT2D eigenvalue weighted by atomic mass is 9.67. The zero-order valence-electron chi connectivity index (χ0n) is 16.8. The second-order valence-corrected chi connectivity index (χ2v) is 7.69. The van der Waals surface area contributed by atoms with Gasteiger partial charge in [0.2, 0.25) is 0 Å². The normalized spacial score (nSPS) is 20.7. The zero-order chi connectivity index (χ0) is 29.2. The van der Waals surface area contributed by atoms with Crippen LogP contribution in [0, 0.1) is 5.41 Å². The van der Waals surface area contributed by atoms with Crippen molar-refractivity contribution in [2.75, 3.05) is 19.8 Å². The summed E-state index contributed by atoms with van der Waals surface area (Å²) in [4.78, 5) is 0. The second-order valence-electron chi connectivity index (χ2n) is 7.69. The maximum Gasteiger partial charge on any atom is 0.452 e. The summed E-state index contributed by atoms with van der Waals surface area (Å²) >= 11 is 0. The highest BCUT2D eigenvalue weighted by atomic mass is 19.4. The molecule has 0 spiro atoms. The Morgan fingerprint density at radius 2 is 0.833 bits per heavy atom. The molecule has 0 aromatic carbocycles. The van der Waals surface area contributed by atoms with Gasteiger partial charge in [-0.2, -0.15) is 70.2 Å². The lowest BCUT2D eigenvalue weighted by Crippen LogP contribution is -2.87. The molecule has 0 bridgehead atoms. The predicted molar refractivity (Wildman–Crippen MR) is 75.1 cm³/mol. The van der Waals surface area contributed by atoms with Gasteiger partial charge in [0.1, 0.15) is 0 Å². The first-order valence-electron chi connectivity index (χ1n) is 8.78. The van der Waals surface area contributed by atoms with Crippen LogP contribution in [0.3, 0.4) is 0 Å². The monoisotopic (exact) mass is 584 g/mol. The summed E-state index contributed by atoms with van der Waals surface area (Å²) in [6.45, 7) is -3.30. The molecule has 1 heterocycles. The third-order valence-electron chi connectivity index (χ3n) is 5.46. The molecule has 1 unspecified atom stereocenters. The van der Waals surface area contributed by atoms with E-state index < -0.39 is 85.4 Å². The van der Waals surface area contributed by atoms with Gasteiger partial charge in [-0.3, -0.25) is 0 Å². The van der Waals surface area contributed by atoms with Crippen LogP contribution < -0.4 is 0 Å². The van der Waals surface area contributed by atoms with E-state index in [0.29, 0.717) is 0 Å². The molecule has 0 radical (unpaired) electrons. The molecular formula is C15H11F19O2. The Morgan fingerprint density at radius 1 is 0.528 bits per heavy atom. The third-order valence-corrected chi connectivity index (χ3v) is 5.46. The lowest BCUT2D eigenvalue weighted by Gasteiger charge is -2.54. The van der Waals surface area contributed by atoms with Crippen LogP contribution in [-0.4, -0.2) is 73.6 Å². The van der Waals surface area contributed by atoms with Gasteiger partial charge in [0.05, 0.1) is 19.8 Å². The van der Waals surface area contributed by atoms with E-state index in [0.717, 1.165) is 6.92 Å². The summed E-state index contributed by atoms with van der Waals surface area (Å²) in [6, 6.07) is 0. The quantitative estimate of drug-likeness (QED) is 0.300. The van der Waals surface area contributed by atoms with Gasteiger partial charge in [0.15, 0.2) is 0 Å². The van der Waals surface area contributed by atoms with Crippen molar-refractivity contribution in [1.29, 1.82) is 0 Å².